The zero-order valence-corrected chi connectivity index (χ0v) is 30.2. The van der Waals surface area contributed by atoms with E-state index >= 15 is 0 Å². The number of benzene rings is 4. The van der Waals surface area contributed by atoms with Crippen LogP contribution >= 0.6 is 0 Å². The van der Waals surface area contributed by atoms with Crippen LogP contribution in [0.3, 0.4) is 0 Å². The summed E-state index contributed by atoms with van der Waals surface area (Å²) in [6.07, 6.45) is 1.31. The standard InChI is InChI=1S/C44H41N3O7/c1-4-10-40(53-29(3)49)42-41(46(43(50)31-17-15-28(2)16-18-31)27-34-25-32-12-6-8-14-39(32)54-34)35-26-33(52-24-9-23-48)20-22-38(35)47(42)44(51)37-21-19-30-11-5-7-13-36(30)45-37/h4-8,11-22,25-26,40-42,48H,1,9-10,23-24,27H2,2-3H3/t40?,41-,42+/m0/s1. The Hall–Kier alpha value is -6.26. The number of pyridine rings is 1. The number of hydrogen-bond acceptors (Lipinski definition) is 8. The minimum atomic E-state index is -0.936. The molecule has 0 bridgehead atoms. The fourth-order valence-electron chi connectivity index (χ4n) is 7.17. The largest absolute Gasteiger partial charge is 0.493 e. The van der Waals surface area contributed by atoms with Crippen molar-refractivity contribution in [3.63, 3.8) is 0 Å². The summed E-state index contributed by atoms with van der Waals surface area (Å²) in [5, 5.41) is 11.2. The van der Waals surface area contributed by atoms with Gasteiger partial charge in [-0.25, -0.2) is 4.98 Å². The number of esters is 1. The van der Waals surface area contributed by atoms with E-state index in [1.807, 2.05) is 85.8 Å². The monoisotopic (exact) mass is 723 g/mol. The van der Waals surface area contributed by atoms with Gasteiger partial charge >= 0.3 is 5.97 Å². The van der Waals surface area contributed by atoms with Crippen molar-refractivity contribution >= 4 is 45.3 Å². The number of ether oxygens (including phenoxy) is 2. The van der Waals surface area contributed by atoms with Gasteiger partial charge in [0.15, 0.2) is 0 Å². The zero-order chi connectivity index (χ0) is 37.8. The molecule has 1 aliphatic rings. The number of furan rings is 1. The molecule has 0 radical (unpaired) electrons. The molecule has 1 unspecified atom stereocenters. The maximum atomic E-state index is 15.0. The number of nitrogens with zero attached hydrogens (tertiary/aromatic N) is 3. The molecule has 0 aliphatic carbocycles. The lowest BCUT2D eigenvalue weighted by Crippen LogP contribution is -2.52. The van der Waals surface area contributed by atoms with Crippen LogP contribution in [0.25, 0.3) is 21.9 Å². The molecule has 4 aromatic carbocycles. The van der Waals surface area contributed by atoms with Crippen LogP contribution in [-0.4, -0.2) is 58.1 Å². The first-order chi connectivity index (χ1) is 26.2. The summed E-state index contributed by atoms with van der Waals surface area (Å²) < 4.78 is 18.4. The normalized spacial score (nSPS) is 15.5. The molecule has 7 rings (SSSR count). The van der Waals surface area contributed by atoms with Gasteiger partial charge in [0.05, 0.1) is 36.4 Å². The van der Waals surface area contributed by atoms with Gasteiger partial charge in [-0.15, -0.1) is 6.58 Å². The molecule has 54 heavy (non-hydrogen) atoms. The molecule has 274 valence electrons. The highest BCUT2D eigenvalue weighted by Gasteiger charge is 2.51. The highest BCUT2D eigenvalue weighted by atomic mass is 16.5. The van der Waals surface area contributed by atoms with E-state index in [1.54, 1.807) is 46.2 Å². The van der Waals surface area contributed by atoms with Crippen LogP contribution in [0.4, 0.5) is 5.69 Å². The first-order valence-corrected chi connectivity index (χ1v) is 18.0. The molecule has 1 aliphatic heterocycles. The summed E-state index contributed by atoms with van der Waals surface area (Å²) in [5.74, 6) is -0.281. The summed E-state index contributed by atoms with van der Waals surface area (Å²) in [5.41, 5.74) is 4.03. The Morgan fingerprint density at radius 1 is 0.963 bits per heavy atom. The average molecular weight is 724 g/mol. The predicted octanol–water partition coefficient (Wildman–Crippen LogP) is 7.97. The Morgan fingerprint density at radius 3 is 2.46 bits per heavy atom. The summed E-state index contributed by atoms with van der Waals surface area (Å²) in [7, 11) is 0. The maximum Gasteiger partial charge on any atom is 0.302 e. The summed E-state index contributed by atoms with van der Waals surface area (Å²) >= 11 is 0. The van der Waals surface area contributed by atoms with Crippen molar-refractivity contribution in [2.24, 2.45) is 0 Å². The van der Waals surface area contributed by atoms with E-state index in [2.05, 4.69) is 6.58 Å². The Labute approximate surface area is 313 Å². The Kier molecular flexibility index (Phi) is 10.5. The molecular weight excluding hydrogens is 682 g/mol. The third-order valence-corrected chi connectivity index (χ3v) is 9.60. The topological polar surface area (TPSA) is 122 Å². The van der Waals surface area contributed by atoms with Crippen molar-refractivity contribution in [3.8, 4) is 5.75 Å². The van der Waals surface area contributed by atoms with Gasteiger partial charge in [0.1, 0.15) is 28.9 Å². The third kappa shape index (κ3) is 7.33. The van der Waals surface area contributed by atoms with Gasteiger partial charge in [-0.2, -0.15) is 0 Å². The van der Waals surface area contributed by atoms with Gasteiger partial charge in [-0.1, -0.05) is 66.2 Å². The minimum absolute atomic E-state index is 0.0225. The molecule has 0 fully saturated rings. The minimum Gasteiger partial charge on any atom is -0.493 e. The molecular formula is C44H41N3O7. The van der Waals surface area contributed by atoms with Crippen LogP contribution < -0.4 is 9.64 Å². The van der Waals surface area contributed by atoms with Crippen molar-refractivity contribution in [2.45, 2.75) is 51.4 Å². The lowest BCUT2D eigenvalue weighted by molar-refractivity contribution is -0.147. The van der Waals surface area contributed by atoms with Crippen LogP contribution in [0.1, 0.15) is 63.5 Å². The van der Waals surface area contributed by atoms with Crippen LogP contribution in [0.5, 0.6) is 5.75 Å². The van der Waals surface area contributed by atoms with Crippen molar-refractivity contribution in [2.75, 3.05) is 18.1 Å². The van der Waals surface area contributed by atoms with E-state index in [4.69, 9.17) is 18.9 Å². The molecule has 1 N–H and O–H groups in total. The highest BCUT2D eigenvalue weighted by Crippen LogP contribution is 2.48. The molecule has 0 saturated heterocycles. The second-order valence-corrected chi connectivity index (χ2v) is 13.4. The number of aryl methyl sites for hydroxylation is 1. The number of aromatic nitrogens is 1. The number of aliphatic hydroxyl groups excluding tert-OH is 1. The Bertz CT molecular complexity index is 2300. The van der Waals surface area contributed by atoms with Gasteiger partial charge in [0.25, 0.3) is 11.8 Å². The number of rotatable bonds is 13. The van der Waals surface area contributed by atoms with E-state index in [1.165, 1.54) is 6.92 Å². The van der Waals surface area contributed by atoms with Gasteiger partial charge in [0, 0.05) is 48.3 Å². The lowest BCUT2D eigenvalue weighted by atomic mass is 9.94. The van der Waals surface area contributed by atoms with Gasteiger partial charge < -0.3 is 23.9 Å². The van der Waals surface area contributed by atoms with Crippen molar-refractivity contribution in [3.05, 3.63) is 150 Å². The molecule has 6 aromatic rings. The van der Waals surface area contributed by atoms with Crippen molar-refractivity contribution < 1.29 is 33.4 Å². The number of carbonyl (C=O) groups excluding carboxylic acids is 3. The fraction of sp³-hybridized carbons (Fsp3) is 0.227. The van der Waals surface area contributed by atoms with Crippen LogP contribution in [0.2, 0.25) is 0 Å². The van der Waals surface area contributed by atoms with Gasteiger partial charge in [-0.05, 0) is 61.5 Å². The molecule has 0 spiro atoms. The van der Waals surface area contributed by atoms with E-state index in [0.717, 1.165) is 16.3 Å². The smallest absolute Gasteiger partial charge is 0.302 e. The average Bonchev–Trinajstić information content (AvgIpc) is 3.74. The van der Waals surface area contributed by atoms with E-state index < -0.39 is 30.1 Å². The molecule has 2 aromatic heterocycles. The van der Waals surface area contributed by atoms with Gasteiger partial charge in [0.2, 0.25) is 0 Å². The first-order valence-electron chi connectivity index (χ1n) is 18.0. The quantitative estimate of drug-likeness (QED) is 0.0724. The number of amides is 2. The van der Waals surface area contributed by atoms with Crippen LogP contribution in [0, 0.1) is 6.92 Å². The Morgan fingerprint density at radius 2 is 1.72 bits per heavy atom. The highest BCUT2D eigenvalue weighted by molar-refractivity contribution is 6.08. The molecule has 10 heteroatoms. The van der Waals surface area contributed by atoms with Crippen LogP contribution in [-0.2, 0) is 16.1 Å². The first kappa shape index (κ1) is 36.1. The second kappa shape index (κ2) is 15.8. The van der Waals surface area contributed by atoms with Crippen LogP contribution in [0.15, 0.2) is 126 Å². The predicted molar refractivity (Wildman–Crippen MR) is 206 cm³/mol. The molecule has 0 saturated carbocycles. The number of anilines is 1. The number of hydrogen-bond donors (Lipinski definition) is 1. The molecule has 3 heterocycles. The summed E-state index contributed by atoms with van der Waals surface area (Å²) in [6.45, 7) is 7.46. The van der Waals surface area contributed by atoms with E-state index in [-0.39, 0.29) is 37.8 Å². The van der Waals surface area contributed by atoms with E-state index in [0.29, 0.717) is 45.8 Å². The third-order valence-electron chi connectivity index (χ3n) is 9.60. The summed E-state index contributed by atoms with van der Waals surface area (Å²) in [6, 6.07) is 31.4. The van der Waals surface area contributed by atoms with Crippen molar-refractivity contribution in [1.82, 2.24) is 9.88 Å². The SMILES string of the molecule is C=CCC(OC(C)=O)[C@@H]1[C@@H](N(Cc2cc3ccccc3o2)C(=O)c2ccc(C)cc2)c2cc(OCCCO)ccc2N1C(=O)c1ccc2ccccc2n1. The summed E-state index contributed by atoms with van der Waals surface area (Å²) in [4.78, 5) is 50.8. The second-order valence-electron chi connectivity index (χ2n) is 13.4. The number of carbonyl (C=O) groups is 3. The number of para-hydroxylation sites is 2. The zero-order valence-electron chi connectivity index (χ0n) is 30.2. The molecule has 10 nitrogen and oxygen atoms in total. The Balaban J connectivity index is 1.45. The molecule has 3 atom stereocenters. The number of aliphatic hydroxyl groups is 1. The molecule has 2 amide bonds. The van der Waals surface area contributed by atoms with Gasteiger partial charge in [-0.3, -0.25) is 19.3 Å². The maximum absolute atomic E-state index is 15.0. The number of fused-ring (bicyclic) bond motifs is 3. The van der Waals surface area contributed by atoms with E-state index in [9.17, 15) is 19.5 Å². The van der Waals surface area contributed by atoms with Crippen molar-refractivity contribution in [1.29, 1.82) is 0 Å². The fourth-order valence-corrected chi connectivity index (χ4v) is 7.17. The lowest BCUT2D eigenvalue weighted by Gasteiger charge is -2.39.